The van der Waals surface area contributed by atoms with Crippen molar-refractivity contribution >= 4 is 22.5 Å². The highest BCUT2D eigenvalue weighted by atomic mass is 35.5. The first-order chi connectivity index (χ1) is 7.39. The predicted octanol–water partition coefficient (Wildman–Crippen LogP) is 4.49. The number of aryl methyl sites for hydroxylation is 1. The van der Waals surface area contributed by atoms with Crippen LogP contribution >= 0.6 is 11.6 Å². The van der Waals surface area contributed by atoms with Gasteiger partial charge in [0, 0.05) is 11.1 Å². The van der Waals surface area contributed by atoms with E-state index in [2.05, 4.69) is 37.9 Å². The van der Waals surface area contributed by atoms with Gasteiger partial charge in [-0.2, -0.15) is 0 Å². The lowest BCUT2D eigenvalue weighted by molar-refractivity contribution is 0.594. The summed E-state index contributed by atoms with van der Waals surface area (Å²) in [6, 6.07) is 8.12. The van der Waals surface area contributed by atoms with Crippen LogP contribution in [0.2, 0.25) is 5.02 Å². The van der Waals surface area contributed by atoms with Crippen LogP contribution in [0.15, 0.2) is 24.3 Å². The minimum Gasteiger partial charge on any atom is -0.252 e. The molecule has 2 rings (SSSR count). The quantitative estimate of drug-likeness (QED) is 0.653. The molecule has 0 fully saturated rings. The SMILES string of the molecule is Cc1cc(C(C)(C)C)c2cccc(Cl)c2n1. The third kappa shape index (κ3) is 1.92. The lowest BCUT2D eigenvalue weighted by atomic mass is 9.84. The Labute approximate surface area is 101 Å². The monoisotopic (exact) mass is 233 g/mol. The van der Waals surface area contributed by atoms with Gasteiger partial charge in [0.05, 0.1) is 10.5 Å². The second-order valence-corrected chi connectivity index (χ2v) is 5.60. The lowest BCUT2D eigenvalue weighted by Crippen LogP contribution is -2.12. The number of halogens is 1. The fraction of sp³-hybridized carbons (Fsp3) is 0.357. The average molecular weight is 234 g/mol. The van der Waals surface area contributed by atoms with Gasteiger partial charge in [-0.25, -0.2) is 0 Å². The van der Waals surface area contributed by atoms with Crippen LogP contribution in [0, 0.1) is 6.92 Å². The van der Waals surface area contributed by atoms with E-state index in [1.54, 1.807) is 0 Å². The molecule has 0 aliphatic carbocycles. The Hall–Kier alpha value is -1.08. The van der Waals surface area contributed by atoms with Crippen LogP contribution < -0.4 is 0 Å². The first-order valence-corrected chi connectivity index (χ1v) is 5.84. The Bertz CT molecular complexity index is 538. The van der Waals surface area contributed by atoms with Gasteiger partial charge in [0.1, 0.15) is 0 Å². The zero-order valence-electron chi connectivity index (χ0n) is 10.1. The molecule has 0 unspecified atom stereocenters. The highest BCUT2D eigenvalue weighted by Crippen LogP contribution is 2.32. The number of fused-ring (bicyclic) bond motifs is 1. The Morgan fingerprint density at radius 3 is 2.50 bits per heavy atom. The summed E-state index contributed by atoms with van der Waals surface area (Å²) in [4.78, 5) is 4.52. The summed E-state index contributed by atoms with van der Waals surface area (Å²) in [5, 5.41) is 1.89. The number of hydrogen-bond acceptors (Lipinski definition) is 1. The molecule has 1 heterocycles. The molecule has 16 heavy (non-hydrogen) atoms. The number of benzene rings is 1. The summed E-state index contributed by atoms with van der Waals surface area (Å²) in [6.07, 6.45) is 0. The fourth-order valence-corrected chi connectivity index (χ4v) is 2.18. The minimum absolute atomic E-state index is 0.108. The zero-order chi connectivity index (χ0) is 11.9. The summed E-state index contributed by atoms with van der Waals surface area (Å²) in [5.41, 5.74) is 3.34. The van der Waals surface area contributed by atoms with Crippen LogP contribution in [-0.2, 0) is 5.41 Å². The van der Waals surface area contributed by atoms with Gasteiger partial charge in [0.2, 0.25) is 0 Å². The van der Waals surface area contributed by atoms with Crippen molar-refractivity contribution in [2.75, 3.05) is 0 Å². The van der Waals surface area contributed by atoms with Crippen LogP contribution in [0.5, 0.6) is 0 Å². The topological polar surface area (TPSA) is 12.9 Å². The van der Waals surface area contributed by atoms with Crippen molar-refractivity contribution in [3.63, 3.8) is 0 Å². The third-order valence-electron chi connectivity index (χ3n) is 2.73. The van der Waals surface area contributed by atoms with E-state index in [0.717, 1.165) is 21.6 Å². The van der Waals surface area contributed by atoms with Gasteiger partial charge in [0.15, 0.2) is 0 Å². The fourth-order valence-electron chi connectivity index (χ4n) is 1.96. The van der Waals surface area contributed by atoms with Crippen molar-refractivity contribution in [3.05, 3.63) is 40.5 Å². The van der Waals surface area contributed by atoms with E-state index >= 15 is 0 Å². The van der Waals surface area contributed by atoms with E-state index in [1.165, 1.54) is 5.56 Å². The Kier molecular flexibility index (Phi) is 2.67. The Balaban J connectivity index is 2.89. The molecule has 0 aliphatic heterocycles. The van der Waals surface area contributed by atoms with Crippen LogP contribution in [0.1, 0.15) is 32.0 Å². The molecule has 1 aromatic carbocycles. The van der Waals surface area contributed by atoms with Crippen molar-refractivity contribution in [1.29, 1.82) is 0 Å². The maximum Gasteiger partial charge on any atom is 0.0894 e. The molecule has 0 amide bonds. The molecule has 1 aromatic heterocycles. The number of para-hydroxylation sites is 1. The molecule has 2 aromatic rings. The molecule has 0 atom stereocenters. The van der Waals surface area contributed by atoms with Gasteiger partial charge in [0.25, 0.3) is 0 Å². The Morgan fingerprint density at radius 1 is 1.19 bits per heavy atom. The lowest BCUT2D eigenvalue weighted by Gasteiger charge is -2.22. The third-order valence-corrected chi connectivity index (χ3v) is 3.03. The van der Waals surface area contributed by atoms with Crippen molar-refractivity contribution < 1.29 is 0 Å². The van der Waals surface area contributed by atoms with Crippen molar-refractivity contribution in [1.82, 2.24) is 4.98 Å². The van der Waals surface area contributed by atoms with Crippen LogP contribution in [-0.4, -0.2) is 4.98 Å². The number of pyridine rings is 1. The highest BCUT2D eigenvalue weighted by Gasteiger charge is 2.18. The van der Waals surface area contributed by atoms with Gasteiger partial charge in [-0.3, -0.25) is 4.98 Å². The predicted molar refractivity (Wildman–Crippen MR) is 70.2 cm³/mol. The van der Waals surface area contributed by atoms with E-state index in [0.29, 0.717) is 0 Å². The second kappa shape index (κ2) is 3.74. The molecule has 0 aliphatic rings. The molecule has 0 saturated carbocycles. The average Bonchev–Trinajstić information content (AvgIpc) is 2.17. The summed E-state index contributed by atoms with van der Waals surface area (Å²) >= 11 is 6.19. The normalized spacial score (nSPS) is 12.1. The molecule has 0 N–H and O–H groups in total. The molecule has 0 saturated heterocycles. The van der Waals surface area contributed by atoms with Crippen LogP contribution in [0.25, 0.3) is 10.9 Å². The first kappa shape index (κ1) is 11.4. The van der Waals surface area contributed by atoms with Gasteiger partial charge in [-0.15, -0.1) is 0 Å². The smallest absolute Gasteiger partial charge is 0.0894 e. The highest BCUT2D eigenvalue weighted by molar-refractivity contribution is 6.35. The molecule has 84 valence electrons. The van der Waals surface area contributed by atoms with Crippen molar-refractivity contribution in [3.8, 4) is 0 Å². The summed E-state index contributed by atoms with van der Waals surface area (Å²) in [6.45, 7) is 8.64. The largest absolute Gasteiger partial charge is 0.252 e. The van der Waals surface area contributed by atoms with Crippen LogP contribution in [0.4, 0.5) is 0 Å². The van der Waals surface area contributed by atoms with Gasteiger partial charge < -0.3 is 0 Å². The number of nitrogens with zero attached hydrogens (tertiary/aromatic N) is 1. The van der Waals surface area contributed by atoms with Gasteiger partial charge >= 0.3 is 0 Å². The van der Waals surface area contributed by atoms with E-state index in [9.17, 15) is 0 Å². The standard InChI is InChI=1S/C14H16ClN/c1-9-8-11(14(2,3)4)10-6-5-7-12(15)13(10)16-9/h5-8H,1-4H3. The molecule has 0 bridgehead atoms. The van der Waals surface area contributed by atoms with E-state index in [4.69, 9.17) is 11.6 Å². The maximum absolute atomic E-state index is 6.19. The van der Waals surface area contributed by atoms with Crippen molar-refractivity contribution in [2.45, 2.75) is 33.1 Å². The Morgan fingerprint density at radius 2 is 1.88 bits per heavy atom. The summed E-state index contributed by atoms with van der Waals surface area (Å²) in [7, 11) is 0. The molecule has 0 spiro atoms. The maximum atomic E-state index is 6.19. The van der Waals surface area contributed by atoms with Gasteiger partial charge in [-0.1, -0.05) is 44.5 Å². The van der Waals surface area contributed by atoms with E-state index < -0.39 is 0 Å². The van der Waals surface area contributed by atoms with E-state index in [-0.39, 0.29) is 5.41 Å². The number of rotatable bonds is 0. The zero-order valence-corrected chi connectivity index (χ0v) is 10.9. The molecule has 0 radical (unpaired) electrons. The van der Waals surface area contributed by atoms with Gasteiger partial charge in [-0.05, 0) is 30.0 Å². The molecule has 2 heteroatoms. The molecular weight excluding hydrogens is 218 g/mol. The second-order valence-electron chi connectivity index (χ2n) is 5.20. The molecular formula is C14H16ClN. The van der Waals surface area contributed by atoms with E-state index in [1.807, 2.05) is 19.1 Å². The van der Waals surface area contributed by atoms with Crippen LogP contribution in [0.3, 0.4) is 0 Å². The summed E-state index contributed by atoms with van der Waals surface area (Å²) in [5.74, 6) is 0. The minimum atomic E-state index is 0.108. The van der Waals surface area contributed by atoms with Crippen molar-refractivity contribution in [2.24, 2.45) is 0 Å². The summed E-state index contributed by atoms with van der Waals surface area (Å²) < 4.78 is 0. The molecule has 1 nitrogen and oxygen atoms in total. The first-order valence-electron chi connectivity index (χ1n) is 5.46. The number of hydrogen-bond donors (Lipinski definition) is 0. The number of aromatic nitrogens is 1.